The molecule has 26 heavy (non-hydrogen) atoms. The van der Waals surface area contributed by atoms with Crippen LogP contribution in [-0.4, -0.2) is 24.1 Å². The molecule has 1 aromatic carbocycles. The van der Waals surface area contributed by atoms with Crippen LogP contribution >= 0.6 is 11.3 Å². The molecule has 0 aliphatic rings. The van der Waals surface area contributed by atoms with Crippen molar-refractivity contribution in [1.29, 1.82) is 5.26 Å². The third-order valence-corrected chi connectivity index (χ3v) is 5.05. The molecule has 0 spiro atoms. The average molecular weight is 365 g/mol. The molecule has 2 heterocycles. The highest BCUT2D eigenvalue weighted by Crippen LogP contribution is 2.32. The molecule has 2 N–H and O–H groups in total. The number of benzene rings is 1. The van der Waals surface area contributed by atoms with E-state index in [-0.39, 0.29) is 18.1 Å². The smallest absolute Gasteiger partial charge is 0.350 e. The standard InChI is InChI=1S/C20H19N3O2S/c1-2-25-20(24)14(10-21)11-22-12-17(19-8-5-9-26-19)16-13-23-18-7-4-3-6-15(16)18/h3-9,11,13,17,22-23H,2,12H2,1H3/b14-11+/t17-/m0/s1. The number of carbonyl (C=O) groups excluding carboxylic acids is 1. The molecule has 0 fully saturated rings. The van der Waals surface area contributed by atoms with Crippen LogP contribution in [0.2, 0.25) is 0 Å². The van der Waals surface area contributed by atoms with Gasteiger partial charge in [-0.2, -0.15) is 5.26 Å². The predicted molar refractivity (Wildman–Crippen MR) is 103 cm³/mol. The zero-order valence-corrected chi connectivity index (χ0v) is 15.2. The third-order valence-electron chi connectivity index (χ3n) is 4.07. The molecule has 3 aromatic rings. The molecule has 0 unspecified atom stereocenters. The fourth-order valence-electron chi connectivity index (χ4n) is 2.86. The number of rotatable bonds is 7. The van der Waals surface area contributed by atoms with E-state index in [1.54, 1.807) is 18.3 Å². The van der Waals surface area contributed by atoms with E-state index in [1.807, 2.05) is 41.9 Å². The van der Waals surface area contributed by atoms with Gasteiger partial charge >= 0.3 is 5.97 Å². The summed E-state index contributed by atoms with van der Waals surface area (Å²) in [6.07, 6.45) is 3.46. The Morgan fingerprint density at radius 2 is 2.23 bits per heavy atom. The number of aromatic nitrogens is 1. The van der Waals surface area contributed by atoms with Crippen molar-refractivity contribution in [2.75, 3.05) is 13.2 Å². The number of nitrogens with one attached hydrogen (secondary N) is 2. The summed E-state index contributed by atoms with van der Waals surface area (Å²) in [5.74, 6) is -0.508. The van der Waals surface area contributed by atoms with Gasteiger partial charge in [-0.15, -0.1) is 11.3 Å². The lowest BCUT2D eigenvalue weighted by Crippen LogP contribution is -2.19. The second kappa shape index (κ2) is 8.37. The number of aromatic amines is 1. The lowest BCUT2D eigenvalue weighted by molar-refractivity contribution is -0.138. The first-order valence-electron chi connectivity index (χ1n) is 8.34. The molecule has 0 saturated heterocycles. The van der Waals surface area contributed by atoms with Gasteiger partial charge in [0, 0.05) is 40.6 Å². The highest BCUT2D eigenvalue weighted by atomic mass is 32.1. The number of nitriles is 1. The van der Waals surface area contributed by atoms with Crippen LogP contribution in [0.5, 0.6) is 0 Å². The molecule has 5 nitrogen and oxygen atoms in total. The topological polar surface area (TPSA) is 77.9 Å². The highest BCUT2D eigenvalue weighted by molar-refractivity contribution is 7.10. The Morgan fingerprint density at radius 1 is 1.38 bits per heavy atom. The number of nitrogens with zero attached hydrogens (tertiary/aromatic N) is 1. The highest BCUT2D eigenvalue weighted by Gasteiger charge is 2.19. The minimum atomic E-state index is -0.609. The monoisotopic (exact) mass is 365 g/mol. The Labute approximate surface area is 155 Å². The number of carbonyl (C=O) groups is 1. The maximum Gasteiger partial charge on any atom is 0.350 e. The Morgan fingerprint density at radius 3 is 2.96 bits per heavy atom. The van der Waals surface area contributed by atoms with E-state index in [9.17, 15) is 4.79 Å². The van der Waals surface area contributed by atoms with E-state index < -0.39 is 5.97 Å². The minimum Gasteiger partial charge on any atom is -0.462 e. The second-order valence-corrected chi connectivity index (χ2v) is 6.64. The van der Waals surface area contributed by atoms with E-state index in [1.165, 1.54) is 22.0 Å². The molecule has 132 valence electrons. The molecule has 2 aromatic heterocycles. The van der Waals surface area contributed by atoms with Gasteiger partial charge in [0.15, 0.2) is 5.57 Å². The molecule has 0 saturated carbocycles. The number of fused-ring (bicyclic) bond motifs is 1. The van der Waals surface area contributed by atoms with Crippen molar-refractivity contribution in [2.24, 2.45) is 0 Å². The first-order chi connectivity index (χ1) is 12.7. The van der Waals surface area contributed by atoms with E-state index >= 15 is 0 Å². The molecule has 0 aliphatic heterocycles. The van der Waals surface area contributed by atoms with Gasteiger partial charge in [0.1, 0.15) is 6.07 Å². The number of para-hydroxylation sites is 1. The first-order valence-corrected chi connectivity index (χ1v) is 9.22. The van der Waals surface area contributed by atoms with Crippen LogP contribution in [0.25, 0.3) is 10.9 Å². The van der Waals surface area contributed by atoms with Gasteiger partial charge < -0.3 is 15.0 Å². The van der Waals surface area contributed by atoms with Crippen LogP contribution in [0.1, 0.15) is 23.3 Å². The van der Waals surface area contributed by atoms with Gasteiger partial charge in [-0.25, -0.2) is 4.79 Å². The summed E-state index contributed by atoms with van der Waals surface area (Å²) < 4.78 is 4.88. The van der Waals surface area contributed by atoms with Crippen molar-refractivity contribution in [3.63, 3.8) is 0 Å². The van der Waals surface area contributed by atoms with Gasteiger partial charge in [0.05, 0.1) is 6.61 Å². The average Bonchev–Trinajstić information content (AvgIpc) is 3.32. The third kappa shape index (κ3) is 3.79. The van der Waals surface area contributed by atoms with Gasteiger partial charge in [-0.05, 0) is 30.0 Å². The fraction of sp³-hybridized carbons (Fsp3) is 0.200. The molecule has 0 bridgehead atoms. The largest absolute Gasteiger partial charge is 0.462 e. The lowest BCUT2D eigenvalue weighted by atomic mass is 9.97. The Balaban J connectivity index is 1.85. The van der Waals surface area contributed by atoms with Gasteiger partial charge in [-0.1, -0.05) is 24.3 Å². The molecule has 6 heteroatoms. The molecule has 0 radical (unpaired) electrons. The van der Waals surface area contributed by atoms with Gasteiger partial charge in [0.25, 0.3) is 0 Å². The molecular weight excluding hydrogens is 346 g/mol. The summed E-state index contributed by atoms with van der Waals surface area (Å²) in [7, 11) is 0. The fourth-order valence-corrected chi connectivity index (χ4v) is 3.71. The lowest BCUT2D eigenvalue weighted by Gasteiger charge is -2.15. The zero-order chi connectivity index (χ0) is 18.4. The van der Waals surface area contributed by atoms with Crippen molar-refractivity contribution in [1.82, 2.24) is 10.3 Å². The van der Waals surface area contributed by atoms with Crippen LogP contribution in [0.3, 0.4) is 0 Å². The zero-order valence-electron chi connectivity index (χ0n) is 14.4. The number of H-pyrrole nitrogens is 1. The van der Waals surface area contributed by atoms with Crippen LogP contribution < -0.4 is 5.32 Å². The number of hydrogen-bond acceptors (Lipinski definition) is 5. The van der Waals surface area contributed by atoms with Crippen LogP contribution in [0.4, 0.5) is 0 Å². The van der Waals surface area contributed by atoms with Gasteiger partial charge in [-0.3, -0.25) is 0 Å². The summed E-state index contributed by atoms with van der Waals surface area (Å²) in [4.78, 5) is 16.3. The molecule has 3 rings (SSSR count). The Kier molecular flexibility index (Phi) is 5.72. The van der Waals surface area contributed by atoms with Crippen LogP contribution in [0.15, 0.2) is 59.7 Å². The molecule has 1 atom stereocenters. The van der Waals surface area contributed by atoms with Gasteiger partial charge in [0.2, 0.25) is 0 Å². The number of hydrogen-bond donors (Lipinski definition) is 2. The normalized spacial score (nSPS) is 12.5. The Bertz CT molecular complexity index is 951. The second-order valence-electron chi connectivity index (χ2n) is 5.66. The quantitative estimate of drug-likeness (QED) is 0.378. The maximum atomic E-state index is 11.7. The van der Waals surface area contributed by atoms with Crippen LogP contribution in [-0.2, 0) is 9.53 Å². The number of thiophene rings is 1. The van der Waals surface area contributed by atoms with E-state index in [2.05, 4.69) is 22.4 Å². The van der Waals surface area contributed by atoms with Crippen LogP contribution in [0, 0.1) is 11.3 Å². The summed E-state index contributed by atoms with van der Waals surface area (Å²) >= 11 is 1.69. The van der Waals surface area contributed by atoms with E-state index in [0.717, 1.165) is 5.52 Å². The molecule has 0 amide bonds. The van der Waals surface area contributed by atoms with Crippen molar-refractivity contribution in [2.45, 2.75) is 12.8 Å². The van der Waals surface area contributed by atoms with E-state index in [4.69, 9.17) is 10.00 Å². The summed E-state index contributed by atoms with van der Waals surface area (Å²) in [5.41, 5.74) is 2.23. The van der Waals surface area contributed by atoms with Crippen molar-refractivity contribution in [3.8, 4) is 6.07 Å². The van der Waals surface area contributed by atoms with E-state index in [0.29, 0.717) is 6.54 Å². The summed E-state index contributed by atoms with van der Waals surface area (Å²) in [6.45, 7) is 2.52. The van der Waals surface area contributed by atoms with Crippen molar-refractivity contribution >= 4 is 28.2 Å². The SMILES string of the molecule is CCOC(=O)/C(C#N)=C/NC[C@H](c1cccs1)c1c[nH]c2ccccc12. The maximum absolute atomic E-state index is 11.7. The summed E-state index contributed by atoms with van der Waals surface area (Å²) in [6, 6.07) is 14.2. The number of esters is 1. The van der Waals surface area contributed by atoms with Crippen molar-refractivity contribution < 1.29 is 9.53 Å². The number of ether oxygens (including phenoxy) is 1. The molecular formula is C20H19N3O2S. The predicted octanol–water partition coefficient (Wildman–Crippen LogP) is 3.92. The summed E-state index contributed by atoms with van der Waals surface area (Å²) in [5, 5.41) is 15.5. The molecule has 0 aliphatic carbocycles. The minimum absolute atomic E-state index is 0.0318. The van der Waals surface area contributed by atoms with Crippen molar-refractivity contribution in [3.05, 3.63) is 70.2 Å². The first kappa shape index (κ1) is 17.8. The Hall–Kier alpha value is -3.04.